The Morgan fingerprint density at radius 1 is 1.10 bits per heavy atom. The number of rotatable bonds is 7. The summed E-state index contributed by atoms with van der Waals surface area (Å²) in [5.74, 6) is -0.577. The number of nitrogens with one attached hydrogen (secondary N) is 1. The molecule has 156 valence electrons. The van der Waals surface area contributed by atoms with Gasteiger partial charge in [-0.3, -0.25) is 4.79 Å². The predicted octanol–water partition coefficient (Wildman–Crippen LogP) is 5.12. The van der Waals surface area contributed by atoms with Crippen LogP contribution >= 0.6 is 23.4 Å². The van der Waals surface area contributed by atoms with Gasteiger partial charge in [-0.2, -0.15) is 5.10 Å². The number of fused-ring (bicyclic) bond motifs is 1. The molecule has 1 N–H and O–H groups in total. The maximum absolute atomic E-state index is 13.6. The quantitative estimate of drug-likeness (QED) is 0.240. The first-order valence-corrected chi connectivity index (χ1v) is 10.9. The standard InChI is InChI=1S/C23H18ClFN4OS/c24-18-11-9-16(10-12-18)14-29-21-8-4-3-7-20(21)27-23(29)31-15-22(30)28-26-13-17-5-1-2-6-19(17)25/h1-13H,14-15H2,(H,28,30). The smallest absolute Gasteiger partial charge is 0.250 e. The van der Waals surface area contributed by atoms with Crippen LogP contribution in [0.15, 0.2) is 83.1 Å². The lowest BCUT2D eigenvalue weighted by Gasteiger charge is -2.09. The fraction of sp³-hybridized carbons (Fsp3) is 0.0870. The molecular weight excluding hydrogens is 435 g/mol. The molecule has 0 spiro atoms. The highest BCUT2D eigenvalue weighted by molar-refractivity contribution is 7.99. The Morgan fingerprint density at radius 2 is 1.84 bits per heavy atom. The number of benzene rings is 3. The summed E-state index contributed by atoms with van der Waals surface area (Å²) in [6, 6.07) is 21.7. The third kappa shape index (κ3) is 5.31. The third-order valence-electron chi connectivity index (χ3n) is 4.50. The van der Waals surface area contributed by atoms with E-state index in [9.17, 15) is 9.18 Å². The maximum atomic E-state index is 13.6. The first-order valence-electron chi connectivity index (χ1n) is 9.49. The Morgan fingerprint density at radius 3 is 2.65 bits per heavy atom. The summed E-state index contributed by atoms with van der Waals surface area (Å²) in [7, 11) is 0. The van der Waals surface area contributed by atoms with E-state index in [-0.39, 0.29) is 11.7 Å². The summed E-state index contributed by atoms with van der Waals surface area (Å²) in [6.45, 7) is 0.604. The molecule has 4 aromatic rings. The molecule has 4 rings (SSSR count). The highest BCUT2D eigenvalue weighted by atomic mass is 35.5. The summed E-state index contributed by atoms with van der Waals surface area (Å²) in [5.41, 5.74) is 5.65. The van der Waals surface area contributed by atoms with E-state index in [4.69, 9.17) is 11.6 Å². The van der Waals surface area contributed by atoms with Crippen molar-refractivity contribution < 1.29 is 9.18 Å². The molecule has 0 aliphatic carbocycles. The van der Waals surface area contributed by atoms with Gasteiger partial charge in [-0.25, -0.2) is 14.8 Å². The molecule has 3 aromatic carbocycles. The number of hydrazone groups is 1. The topological polar surface area (TPSA) is 59.3 Å². The number of nitrogens with zero attached hydrogens (tertiary/aromatic N) is 3. The summed E-state index contributed by atoms with van der Waals surface area (Å²) in [4.78, 5) is 16.9. The normalized spacial score (nSPS) is 11.3. The first-order chi connectivity index (χ1) is 15.1. The largest absolute Gasteiger partial charge is 0.314 e. The number of aromatic nitrogens is 2. The molecule has 0 aliphatic heterocycles. The number of hydrogen-bond acceptors (Lipinski definition) is 4. The zero-order chi connectivity index (χ0) is 21.6. The Balaban J connectivity index is 1.46. The van der Waals surface area contributed by atoms with Crippen LogP contribution in [0.1, 0.15) is 11.1 Å². The number of imidazole rings is 1. The lowest BCUT2D eigenvalue weighted by Crippen LogP contribution is -2.20. The Bertz CT molecular complexity index is 1240. The molecule has 31 heavy (non-hydrogen) atoms. The molecule has 0 aliphatic rings. The number of carbonyl (C=O) groups is 1. The van der Waals surface area contributed by atoms with E-state index < -0.39 is 5.82 Å². The van der Waals surface area contributed by atoms with Crippen molar-refractivity contribution in [2.24, 2.45) is 5.10 Å². The van der Waals surface area contributed by atoms with Gasteiger partial charge in [0.25, 0.3) is 5.91 Å². The van der Waals surface area contributed by atoms with Crippen LogP contribution in [0.25, 0.3) is 11.0 Å². The lowest BCUT2D eigenvalue weighted by atomic mass is 10.2. The Labute approximate surface area is 187 Å². The van der Waals surface area contributed by atoms with Gasteiger partial charge in [-0.05, 0) is 35.9 Å². The first kappa shape index (κ1) is 21.1. The minimum Gasteiger partial charge on any atom is -0.314 e. The zero-order valence-electron chi connectivity index (χ0n) is 16.3. The highest BCUT2D eigenvalue weighted by Gasteiger charge is 2.13. The average Bonchev–Trinajstić information content (AvgIpc) is 3.12. The molecule has 8 heteroatoms. The van der Waals surface area contributed by atoms with Crippen LogP contribution < -0.4 is 5.43 Å². The summed E-state index contributed by atoms with van der Waals surface area (Å²) < 4.78 is 15.7. The van der Waals surface area contributed by atoms with Crippen LogP contribution in [-0.4, -0.2) is 27.4 Å². The van der Waals surface area contributed by atoms with Gasteiger partial charge in [-0.1, -0.05) is 65.8 Å². The summed E-state index contributed by atoms with van der Waals surface area (Å²) in [6.07, 6.45) is 1.29. The second-order valence-electron chi connectivity index (χ2n) is 6.70. The Hall–Kier alpha value is -3.16. The van der Waals surface area contributed by atoms with Gasteiger partial charge in [0.1, 0.15) is 5.82 Å². The molecule has 0 saturated heterocycles. The molecule has 0 radical (unpaired) electrons. The number of halogens is 2. The van der Waals surface area contributed by atoms with Crippen LogP contribution in [0.2, 0.25) is 5.02 Å². The molecule has 1 heterocycles. The van der Waals surface area contributed by atoms with Crippen LogP contribution in [0.4, 0.5) is 4.39 Å². The van der Waals surface area contributed by atoms with E-state index in [0.29, 0.717) is 17.1 Å². The molecule has 0 saturated carbocycles. The van der Waals surface area contributed by atoms with Crippen molar-refractivity contribution in [3.8, 4) is 0 Å². The third-order valence-corrected chi connectivity index (χ3v) is 5.73. The molecule has 0 bridgehead atoms. The molecule has 0 fully saturated rings. The average molecular weight is 453 g/mol. The van der Waals surface area contributed by atoms with Crippen LogP contribution in [0, 0.1) is 5.82 Å². The molecular formula is C23H18ClFN4OS. The SMILES string of the molecule is O=C(CSc1nc2ccccc2n1Cc1ccc(Cl)cc1)NN=Cc1ccccc1F. The zero-order valence-corrected chi connectivity index (χ0v) is 17.9. The fourth-order valence-electron chi connectivity index (χ4n) is 3.00. The Kier molecular flexibility index (Phi) is 6.64. The number of hydrogen-bond donors (Lipinski definition) is 1. The molecule has 0 atom stereocenters. The van der Waals surface area contributed by atoms with Crippen LogP contribution in [-0.2, 0) is 11.3 Å². The van der Waals surface area contributed by atoms with Gasteiger partial charge in [0.05, 0.1) is 29.5 Å². The minimum absolute atomic E-state index is 0.124. The number of amides is 1. The van der Waals surface area contributed by atoms with E-state index in [1.54, 1.807) is 18.2 Å². The van der Waals surface area contributed by atoms with Gasteiger partial charge in [0.15, 0.2) is 5.16 Å². The summed E-state index contributed by atoms with van der Waals surface area (Å²) in [5, 5.41) is 5.25. The molecule has 1 aromatic heterocycles. The van der Waals surface area contributed by atoms with E-state index in [0.717, 1.165) is 21.8 Å². The second-order valence-corrected chi connectivity index (χ2v) is 8.08. The van der Waals surface area contributed by atoms with Gasteiger partial charge in [0.2, 0.25) is 0 Å². The fourth-order valence-corrected chi connectivity index (χ4v) is 3.94. The van der Waals surface area contributed by atoms with Gasteiger partial charge in [0, 0.05) is 10.6 Å². The predicted molar refractivity (Wildman–Crippen MR) is 123 cm³/mol. The number of para-hydroxylation sites is 2. The van der Waals surface area contributed by atoms with E-state index >= 15 is 0 Å². The van der Waals surface area contributed by atoms with Crippen molar-refractivity contribution >= 4 is 46.5 Å². The van der Waals surface area contributed by atoms with Gasteiger partial charge in [-0.15, -0.1) is 0 Å². The summed E-state index contributed by atoms with van der Waals surface area (Å²) >= 11 is 7.31. The number of thioether (sulfide) groups is 1. The monoisotopic (exact) mass is 452 g/mol. The van der Waals surface area contributed by atoms with Crippen molar-refractivity contribution in [3.63, 3.8) is 0 Å². The molecule has 0 unspecified atom stereocenters. The molecule has 1 amide bonds. The van der Waals surface area contributed by atoms with Crippen molar-refractivity contribution in [1.82, 2.24) is 15.0 Å². The highest BCUT2D eigenvalue weighted by Crippen LogP contribution is 2.25. The second kappa shape index (κ2) is 9.76. The van der Waals surface area contributed by atoms with E-state index in [2.05, 4.69) is 20.1 Å². The van der Waals surface area contributed by atoms with Crippen LogP contribution in [0.5, 0.6) is 0 Å². The maximum Gasteiger partial charge on any atom is 0.250 e. The van der Waals surface area contributed by atoms with E-state index in [1.807, 2.05) is 48.5 Å². The van der Waals surface area contributed by atoms with Crippen molar-refractivity contribution in [2.45, 2.75) is 11.7 Å². The van der Waals surface area contributed by atoms with Crippen molar-refractivity contribution in [3.05, 3.63) is 94.8 Å². The lowest BCUT2D eigenvalue weighted by molar-refractivity contribution is -0.118. The van der Waals surface area contributed by atoms with E-state index in [1.165, 1.54) is 24.0 Å². The van der Waals surface area contributed by atoms with Gasteiger partial charge < -0.3 is 4.57 Å². The van der Waals surface area contributed by atoms with Crippen LogP contribution in [0.3, 0.4) is 0 Å². The van der Waals surface area contributed by atoms with Crippen molar-refractivity contribution in [2.75, 3.05) is 5.75 Å². The minimum atomic E-state index is -0.397. The number of carbonyl (C=O) groups excluding carboxylic acids is 1. The van der Waals surface area contributed by atoms with Crippen molar-refractivity contribution in [1.29, 1.82) is 0 Å². The van der Waals surface area contributed by atoms with Gasteiger partial charge >= 0.3 is 0 Å². The molecule has 5 nitrogen and oxygen atoms in total.